The molecule has 2 N–H and O–H groups in total. The van der Waals surface area contributed by atoms with E-state index in [1.807, 2.05) is 24.6 Å². The van der Waals surface area contributed by atoms with Gasteiger partial charge in [0.05, 0.1) is 0 Å². The van der Waals surface area contributed by atoms with Crippen molar-refractivity contribution in [3.8, 4) is 0 Å². The number of hydrogen-bond donors (Lipinski definition) is 1. The Balaban J connectivity index is 2.06. The average molecular weight is 275 g/mol. The second-order valence-electron chi connectivity index (χ2n) is 5.61. The summed E-state index contributed by atoms with van der Waals surface area (Å²) in [5.74, 6) is 0.245. The summed E-state index contributed by atoms with van der Waals surface area (Å²) in [4.78, 5) is 25.8. The number of nitrogens with two attached hydrogens (primary N) is 1. The third-order valence-electron chi connectivity index (χ3n) is 4.19. The predicted octanol–water partition coefficient (Wildman–Crippen LogP) is 2.17. The highest BCUT2D eigenvalue weighted by Gasteiger charge is 2.32. The lowest BCUT2D eigenvalue weighted by molar-refractivity contribution is -0.144. The fourth-order valence-electron chi connectivity index (χ4n) is 2.96. The molecule has 2 aliphatic carbocycles. The van der Waals surface area contributed by atoms with E-state index >= 15 is 0 Å². The van der Waals surface area contributed by atoms with Gasteiger partial charge < -0.3 is 5.73 Å². The van der Waals surface area contributed by atoms with Gasteiger partial charge in [-0.1, -0.05) is 12.2 Å². The van der Waals surface area contributed by atoms with E-state index in [4.69, 9.17) is 5.73 Å². The quantitative estimate of drug-likeness (QED) is 0.858. The zero-order chi connectivity index (χ0) is 14.5. The van der Waals surface area contributed by atoms with Gasteiger partial charge in [0.25, 0.3) is 0 Å². The zero-order valence-corrected chi connectivity index (χ0v) is 12.0. The van der Waals surface area contributed by atoms with E-state index in [-0.39, 0.29) is 17.7 Å². The van der Waals surface area contributed by atoms with Crippen molar-refractivity contribution in [1.82, 2.24) is 4.90 Å². The maximum atomic E-state index is 12.6. The van der Waals surface area contributed by atoms with Crippen molar-refractivity contribution in [2.75, 3.05) is 6.54 Å². The molecule has 1 fully saturated rings. The lowest BCUT2D eigenvalue weighted by Gasteiger charge is -2.31. The Morgan fingerprint density at radius 1 is 1.30 bits per heavy atom. The summed E-state index contributed by atoms with van der Waals surface area (Å²) in [5, 5.41) is 0. The van der Waals surface area contributed by atoms with Crippen LogP contribution in [0.2, 0.25) is 0 Å². The van der Waals surface area contributed by atoms with Crippen LogP contribution in [0, 0.1) is 18.3 Å². The monoisotopic (exact) mass is 275 g/mol. The molecule has 2 aliphatic rings. The maximum absolute atomic E-state index is 12.6. The number of carbonyl (C=O) groups is 2. The molecule has 2 rings (SSSR count). The summed E-state index contributed by atoms with van der Waals surface area (Å²) in [6.45, 7) is 2.15. The minimum atomic E-state index is -0.200. The van der Waals surface area contributed by atoms with Crippen LogP contribution in [-0.2, 0) is 9.59 Å². The molecule has 0 atom stereocenters. The second-order valence-corrected chi connectivity index (χ2v) is 5.61. The van der Waals surface area contributed by atoms with Crippen LogP contribution in [0.3, 0.4) is 0 Å². The van der Waals surface area contributed by atoms with E-state index < -0.39 is 0 Å². The summed E-state index contributed by atoms with van der Waals surface area (Å²) < 4.78 is 0. The first-order chi connectivity index (χ1) is 9.63. The Kier molecular flexibility index (Phi) is 5.12. The van der Waals surface area contributed by atoms with Gasteiger partial charge in [-0.2, -0.15) is 0 Å². The standard InChI is InChI=1S/C16H23N2O2/c1-12(19)18(15-5-3-2-4-6-15)16(20)14-9-7-13(11-17)8-10-14/h2-3,5-6,13-14H,4,7-11,17H2,1H3/t13-,14-. The number of amides is 2. The van der Waals surface area contributed by atoms with Crippen LogP contribution < -0.4 is 5.73 Å². The van der Waals surface area contributed by atoms with Crippen molar-refractivity contribution in [1.29, 1.82) is 0 Å². The number of rotatable bonds is 3. The molecular weight excluding hydrogens is 252 g/mol. The number of hydrogen-bond acceptors (Lipinski definition) is 3. The lowest BCUT2D eigenvalue weighted by atomic mass is 9.81. The van der Waals surface area contributed by atoms with E-state index in [0.717, 1.165) is 32.1 Å². The molecule has 2 amide bonds. The molecule has 0 aromatic heterocycles. The molecule has 4 nitrogen and oxygen atoms in total. The van der Waals surface area contributed by atoms with Gasteiger partial charge in [0.15, 0.2) is 0 Å². The Bertz CT molecular complexity index is 432. The Morgan fingerprint density at radius 2 is 2.00 bits per heavy atom. The predicted molar refractivity (Wildman–Crippen MR) is 78.2 cm³/mol. The summed E-state index contributed by atoms with van der Waals surface area (Å²) in [7, 11) is 0. The first-order valence-corrected chi connectivity index (χ1v) is 7.38. The first-order valence-electron chi connectivity index (χ1n) is 7.38. The van der Waals surface area contributed by atoms with Crippen LogP contribution in [0.25, 0.3) is 0 Å². The smallest absolute Gasteiger partial charge is 0.236 e. The van der Waals surface area contributed by atoms with Crippen LogP contribution in [0.15, 0.2) is 23.9 Å². The number of allylic oxidation sites excluding steroid dienone is 3. The van der Waals surface area contributed by atoms with Gasteiger partial charge in [0.2, 0.25) is 11.8 Å². The van der Waals surface area contributed by atoms with Gasteiger partial charge in [-0.15, -0.1) is 0 Å². The van der Waals surface area contributed by atoms with E-state index in [9.17, 15) is 9.59 Å². The minimum Gasteiger partial charge on any atom is -0.330 e. The van der Waals surface area contributed by atoms with Crippen molar-refractivity contribution in [2.24, 2.45) is 17.6 Å². The van der Waals surface area contributed by atoms with Gasteiger partial charge in [-0.25, -0.2) is 0 Å². The fourth-order valence-corrected chi connectivity index (χ4v) is 2.96. The molecule has 0 aromatic carbocycles. The van der Waals surface area contributed by atoms with Crippen LogP contribution in [0.4, 0.5) is 0 Å². The van der Waals surface area contributed by atoms with E-state index in [1.165, 1.54) is 11.8 Å². The van der Waals surface area contributed by atoms with Gasteiger partial charge in [0.1, 0.15) is 0 Å². The van der Waals surface area contributed by atoms with Crippen molar-refractivity contribution >= 4 is 11.8 Å². The van der Waals surface area contributed by atoms with Gasteiger partial charge in [-0.05, 0) is 57.1 Å². The van der Waals surface area contributed by atoms with E-state index in [1.54, 1.807) is 0 Å². The molecule has 0 bridgehead atoms. The fraction of sp³-hybridized carbons (Fsp3) is 0.562. The van der Waals surface area contributed by atoms with E-state index in [0.29, 0.717) is 18.2 Å². The number of nitrogens with zero attached hydrogens (tertiary/aromatic N) is 1. The third-order valence-corrected chi connectivity index (χ3v) is 4.19. The van der Waals surface area contributed by atoms with E-state index in [2.05, 4.69) is 0 Å². The van der Waals surface area contributed by atoms with Gasteiger partial charge in [0, 0.05) is 18.5 Å². The van der Waals surface area contributed by atoms with Gasteiger partial charge in [-0.3, -0.25) is 14.5 Å². The summed E-state index contributed by atoms with van der Waals surface area (Å²) in [6, 6.07) is 0. The molecule has 0 aromatic rings. The van der Waals surface area contributed by atoms with Crippen LogP contribution >= 0.6 is 0 Å². The van der Waals surface area contributed by atoms with Crippen LogP contribution in [-0.4, -0.2) is 23.3 Å². The molecule has 0 saturated heterocycles. The Hall–Kier alpha value is -1.42. The molecule has 20 heavy (non-hydrogen) atoms. The number of imide groups is 1. The lowest BCUT2D eigenvalue weighted by Crippen LogP contribution is -2.40. The molecule has 4 heteroatoms. The molecular formula is C16H23N2O2. The van der Waals surface area contributed by atoms with Crippen LogP contribution in [0.1, 0.15) is 39.0 Å². The highest BCUT2D eigenvalue weighted by Crippen LogP contribution is 2.30. The topological polar surface area (TPSA) is 63.4 Å². The largest absolute Gasteiger partial charge is 0.330 e. The maximum Gasteiger partial charge on any atom is 0.236 e. The second kappa shape index (κ2) is 6.84. The highest BCUT2D eigenvalue weighted by molar-refractivity contribution is 5.98. The SMILES string of the molecule is CC(=O)N(C1=CC[CH]C=C1)C(=O)[C@H]1CC[C@H](CN)CC1. The zero-order valence-electron chi connectivity index (χ0n) is 12.0. The molecule has 0 aliphatic heterocycles. The summed E-state index contributed by atoms with van der Waals surface area (Å²) in [6.07, 6.45) is 12.1. The molecule has 0 spiro atoms. The molecule has 1 radical (unpaired) electrons. The Labute approximate surface area is 120 Å². The highest BCUT2D eigenvalue weighted by atomic mass is 16.2. The Morgan fingerprint density at radius 3 is 2.50 bits per heavy atom. The number of carbonyl (C=O) groups excluding carboxylic acids is 2. The van der Waals surface area contributed by atoms with Gasteiger partial charge >= 0.3 is 0 Å². The average Bonchev–Trinajstić information content (AvgIpc) is 2.48. The molecule has 109 valence electrons. The third kappa shape index (κ3) is 3.37. The molecule has 0 heterocycles. The molecule has 1 saturated carbocycles. The minimum absolute atomic E-state index is 0.0399. The molecule has 0 unspecified atom stereocenters. The summed E-state index contributed by atoms with van der Waals surface area (Å²) >= 11 is 0. The van der Waals surface area contributed by atoms with Crippen LogP contribution in [0.5, 0.6) is 0 Å². The van der Waals surface area contributed by atoms with Crippen molar-refractivity contribution < 1.29 is 9.59 Å². The van der Waals surface area contributed by atoms with Crippen molar-refractivity contribution in [3.63, 3.8) is 0 Å². The summed E-state index contributed by atoms with van der Waals surface area (Å²) in [5.41, 5.74) is 6.39. The normalized spacial score (nSPS) is 26.0. The van der Waals surface area contributed by atoms with Crippen molar-refractivity contribution in [2.45, 2.75) is 39.0 Å². The van der Waals surface area contributed by atoms with Crippen molar-refractivity contribution in [3.05, 3.63) is 30.3 Å². The first kappa shape index (κ1) is 15.0.